The molecule has 0 aliphatic carbocycles. The van der Waals surface area contributed by atoms with Gasteiger partial charge in [-0.05, 0) is 19.3 Å². The molecule has 0 amide bonds. The molecule has 1 aromatic heterocycles. The largest absolute Gasteiger partial charge is 0.461 e. The van der Waals surface area contributed by atoms with E-state index in [2.05, 4.69) is 16.5 Å². The van der Waals surface area contributed by atoms with Crippen LogP contribution in [0.15, 0.2) is 6.20 Å². The molecular weight excluding hydrogens is 192 g/mol. The SMILES string of the molecule is CCOC(=O)c1cn2c(n1)CCC(C)C2. The Balaban J connectivity index is 2.19. The highest BCUT2D eigenvalue weighted by Crippen LogP contribution is 2.19. The van der Waals surface area contributed by atoms with Gasteiger partial charge in [0.2, 0.25) is 0 Å². The number of carbonyl (C=O) groups is 1. The third-order valence-corrected chi connectivity index (χ3v) is 2.71. The zero-order chi connectivity index (χ0) is 10.8. The van der Waals surface area contributed by atoms with Crippen molar-refractivity contribution in [1.82, 2.24) is 9.55 Å². The zero-order valence-electron chi connectivity index (χ0n) is 9.19. The van der Waals surface area contributed by atoms with E-state index in [9.17, 15) is 4.79 Å². The Morgan fingerprint density at radius 2 is 2.53 bits per heavy atom. The second-order valence-corrected chi connectivity index (χ2v) is 4.06. The normalized spacial score (nSPS) is 19.7. The fraction of sp³-hybridized carbons (Fsp3) is 0.636. The number of aryl methyl sites for hydroxylation is 1. The number of esters is 1. The molecule has 1 aliphatic heterocycles. The second kappa shape index (κ2) is 4.04. The first-order chi connectivity index (χ1) is 7.20. The molecule has 1 atom stereocenters. The number of hydrogen-bond acceptors (Lipinski definition) is 3. The summed E-state index contributed by atoms with van der Waals surface area (Å²) in [7, 11) is 0. The molecule has 4 heteroatoms. The van der Waals surface area contributed by atoms with Crippen molar-refractivity contribution in [2.45, 2.75) is 33.2 Å². The molecule has 4 nitrogen and oxygen atoms in total. The van der Waals surface area contributed by atoms with Gasteiger partial charge in [0, 0.05) is 19.2 Å². The molecule has 1 aromatic rings. The first kappa shape index (κ1) is 10.2. The van der Waals surface area contributed by atoms with Crippen LogP contribution >= 0.6 is 0 Å². The van der Waals surface area contributed by atoms with Crippen molar-refractivity contribution in [3.05, 3.63) is 17.7 Å². The van der Waals surface area contributed by atoms with E-state index in [1.807, 2.05) is 6.20 Å². The number of aromatic nitrogens is 2. The summed E-state index contributed by atoms with van der Waals surface area (Å²) >= 11 is 0. The minimum atomic E-state index is -0.313. The summed E-state index contributed by atoms with van der Waals surface area (Å²) in [5.74, 6) is 1.37. The maximum Gasteiger partial charge on any atom is 0.358 e. The molecule has 2 heterocycles. The van der Waals surface area contributed by atoms with Crippen LogP contribution in [0.3, 0.4) is 0 Å². The van der Waals surface area contributed by atoms with Crippen LogP contribution in [0.2, 0.25) is 0 Å². The van der Waals surface area contributed by atoms with Gasteiger partial charge in [0.15, 0.2) is 5.69 Å². The molecule has 0 aromatic carbocycles. The molecule has 0 spiro atoms. The fourth-order valence-corrected chi connectivity index (χ4v) is 1.92. The number of hydrogen-bond donors (Lipinski definition) is 0. The number of imidazole rings is 1. The lowest BCUT2D eigenvalue weighted by Crippen LogP contribution is -2.17. The topological polar surface area (TPSA) is 44.1 Å². The summed E-state index contributed by atoms with van der Waals surface area (Å²) in [5.41, 5.74) is 0.445. The third-order valence-electron chi connectivity index (χ3n) is 2.71. The van der Waals surface area contributed by atoms with Crippen molar-refractivity contribution >= 4 is 5.97 Å². The summed E-state index contributed by atoms with van der Waals surface area (Å²) < 4.78 is 6.99. The highest BCUT2D eigenvalue weighted by atomic mass is 16.5. The average molecular weight is 208 g/mol. The third kappa shape index (κ3) is 2.03. The quantitative estimate of drug-likeness (QED) is 0.694. The molecule has 2 rings (SSSR count). The maximum absolute atomic E-state index is 11.4. The van der Waals surface area contributed by atoms with Gasteiger partial charge in [-0.25, -0.2) is 9.78 Å². The van der Waals surface area contributed by atoms with Crippen molar-refractivity contribution in [3.63, 3.8) is 0 Å². The molecule has 0 N–H and O–H groups in total. The van der Waals surface area contributed by atoms with Crippen molar-refractivity contribution in [2.24, 2.45) is 5.92 Å². The average Bonchev–Trinajstić information content (AvgIpc) is 2.60. The van der Waals surface area contributed by atoms with Gasteiger partial charge in [-0.1, -0.05) is 6.92 Å². The van der Waals surface area contributed by atoms with Crippen molar-refractivity contribution in [3.8, 4) is 0 Å². The first-order valence-corrected chi connectivity index (χ1v) is 5.44. The van der Waals surface area contributed by atoms with E-state index in [4.69, 9.17) is 4.74 Å². The number of carbonyl (C=O) groups excluding carboxylic acids is 1. The lowest BCUT2D eigenvalue weighted by Gasteiger charge is -2.19. The Labute approximate surface area is 89.3 Å². The van der Waals surface area contributed by atoms with Crippen LogP contribution in [0.4, 0.5) is 0 Å². The summed E-state index contributed by atoms with van der Waals surface area (Å²) in [4.78, 5) is 15.7. The highest BCUT2D eigenvalue weighted by molar-refractivity contribution is 5.87. The smallest absolute Gasteiger partial charge is 0.358 e. The Morgan fingerprint density at radius 1 is 1.73 bits per heavy atom. The van der Waals surface area contributed by atoms with Crippen molar-refractivity contribution in [1.29, 1.82) is 0 Å². The standard InChI is InChI=1S/C11H16N2O2/c1-3-15-11(14)9-7-13-6-8(2)4-5-10(13)12-9/h7-8H,3-6H2,1-2H3. The van der Waals surface area contributed by atoms with Gasteiger partial charge in [0.05, 0.1) is 6.61 Å². The molecule has 15 heavy (non-hydrogen) atoms. The van der Waals surface area contributed by atoms with E-state index < -0.39 is 0 Å². The predicted molar refractivity (Wildman–Crippen MR) is 55.7 cm³/mol. The van der Waals surface area contributed by atoms with Crippen LogP contribution in [-0.2, 0) is 17.7 Å². The molecule has 0 radical (unpaired) electrons. The Hall–Kier alpha value is -1.32. The zero-order valence-corrected chi connectivity index (χ0v) is 9.19. The minimum Gasteiger partial charge on any atom is -0.461 e. The summed E-state index contributed by atoms with van der Waals surface area (Å²) in [6.45, 7) is 5.38. The van der Waals surface area contributed by atoms with Crippen LogP contribution in [0.25, 0.3) is 0 Å². The number of rotatable bonds is 2. The van der Waals surface area contributed by atoms with Gasteiger partial charge in [0.1, 0.15) is 5.82 Å². The van der Waals surface area contributed by atoms with Gasteiger partial charge >= 0.3 is 5.97 Å². The van der Waals surface area contributed by atoms with Crippen molar-refractivity contribution < 1.29 is 9.53 Å². The first-order valence-electron chi connectivity index (χ1n) is 5.44. The van der Waals surface area contributed by atoms with Gasteiger partial charge in [-0.15, -0.1) is 0 Å². The molecule has 0 saturated heterocycles. The summed E-state index contributed by atoms with van der Waals surface area (Å²) in [6, 6.07) is 0. The lowest BCUT2D eigenvalue weighted by molar-refractivity contribution is 0.0520. The van der Waals surface area contributed by atoms with E-state index in [0.717, 1.165) is 25.2 Å². The predicted octanol–water partition coefficient (Wildman–Crippen LogP) is 1.64. The van der Waals surface area contributed by atoms with Crippen molar-refractivity contribution in [2.75, 3.05) is 6.61 Å². The Morgan fingerprint density at radius 3 is 3.27 bits per heavy atom. The number of nitrogens with zero attached hydrogens (tertiary/aromatic N) is 2. The number of fused-ring (bicyclic) bond motifs is 1. The Bertz CT molecular complexity index is 371. The van der Waals surface area contributed by atoms with E-state index >= 15 is 0 Å². The van der Waals surface area contributed by atoms with Crippen LogP contribution in [0.5, 0.6) is 0 Å². The monoisotopic (exact) mass is 208 g/mol. The molecule has 1 unspecified atom stereocenters. The highest BCUT2D eigenvalue weighted by Gasteiger charge is 2.20. The van der Waals surface area contributed by atoms with Crippen LogP contribution in [0.1, 0.15) is 36.6 Å². The maximum atomic E-state index is 11.4. The Kier molecular flexibility index (Phi) is 2.75. The van der Waals surface area contributed by atoms with Crippen LogP contribution in [-0.4, -0.2) is 22.1 Å². The molecule has 0 bridgehead atoms. The lowest BCUT2D eigenvalue weighted by atomic mass is 10.0. The molecule has 0 saturated carbocycles. The molecular formula is C11H16N2O2. The van der Waals surface area contributed by atoms with Gasteiger partial charge < -0.3 is 9.30 Å². The number of ether oxygens (including phenoxy) is 1. The second-order valence-electron chi connectivity index (χ2n) is 4.06. The van der Waals surface area contributed by atoms with Gasteiger partial charge in [0.25, 0.3) is 0 Å². The fourth-order valence-electron chi connectivity index (χ4n) is 1.92. The molecule has 82 valence electrons. The van der Waals surface area contributed by atoms with E-state index in [0.29, 0.717) is 18.2 Å². The van der Waals surface area contributed by atoms with E-state index in [1.165, 1.54) is 0 Å². The van der Waals surface area contributed by atoms with Gasteiger partial charge in [-0.3, -0.25) is 0 Å². The molecule has 0 fully saturated rings. The molecule has 1 aliphatic rings. The van der Waals surface area contributed by atoms with Crippen LogP contribution in [0, 0.1) is 5.92 Å². The summed E-state index contributed by atoms with van der Waals surface area (Å²) in [6.07, 6.45) is 3.92. The van der Waals surface area contributed by atoms with E-state index in [1.54, 1.807) is 6.92 Å². The van der Waals surface area contributed by atoms with Crippen LogP contribution < -0.4 is 0 Å². The van der Waals surface area contributed by atoms with Gasteiger partial charge in [-0.2, -0.15) is 0 Å². The van der Waals surface area contributed by atoms with E-state index in [-0.39, 0.29) is 5.97 Å². The minimum absolute atomic E-state index is 0.313. The summed E-state index contributed by atoms with van der Waals surface area (Å²) in [5, 5.41) is 0.